The molecular weight excluding hydrogens is 1020 g/mol. The molecule has 83 heavy (non-hydrogen) atoms. The summed E-state index contributed by atoms with van der Waals surface area (Å²) in [5, 5.41) is 23.3. The summed E-state index contributed by atoms with van der Waals surface area (Å²) in [6.45, 7) is 4.96. The third kappa shape index (κ3) is 69.3. The first-order chi connectivity index (χ1) is 41.0. The van der Waals surface area contributed by atoms with Crippen LogP contribution in [0, 0.1) is 0 Å². The monoisotopic (exact) mass is 1170 g/mol. The molecule has 1 amide bonds. The molecule has 0 fully saturated rings. The third-order valence-corrected chi connectivity index (χ3v) is 18.0. The smallest absolute Gasteiger partial charge is 0.305 e. The van der Waals surface area contributed by atoms with E-state index in [0.717, 1.165) is 38.5 Å². The first-order valence-electron chi connectivity index (χ1n) is 38.1. The second-order valence-electron chi connectivity index (χ2n) is 26.3. The Hall–Kier alpha value is -1.66. The Morgan fingerprint density at radius 3 is 0.855 bits per heavy atom. The van der Waals surface area contributed by atoms with E-state index >= 15 is 0 Å². The van der Waals surface area contributed by atoms with Crippen LogP contribution in [0.2, 0.25) is 0 Å². The first kappa shape index (κ1) is 81.3. The lowest BCUT2D eigenvalue weighted by Crippen LogP contribution is -2.45. The van der Waals surface area contributed by atoms with Crippen LogP contribution in [0.15, 0.2) is 24.3 Å². The quantitative estimate of drug-likeness (QED) is 0.0320. The number of aliphatic hydroxyl groups is 2. The predicted molar refractivity (Wildman–Crippen MR) is 366 cm³/mol. The van der Waals surface area contributed by atoms with Crippen molar-refractivity contribution in [2.45, 2.75) is 443 Å². The molecule has 0 aromatic carbocycles. The molecule has 3 N–H and O–H groups in total. The van der Waals surface area contributed by atoms with Gasteiger partial charge in [-0.25, -0.2) is 0 Å². The first-order valence-corrected chi connectivity index (χ1v) is 38.1. The summed E-state index contributed by atoms with van der Waals surface area (Å²) < 4.78 is 5.51. The number of hydrogen-bond donors (Lipinski definition) is 3. The molecule has 0 aliphatic heterocycles. The van der Waals surface area contributed by atoms with Crippen LogP contribution in [-0.2, 0) is 14.3 Å². The predicted octanol–water partition coefficient (Wildman–Crippen LogP) is 24.9. The summed E-state index contributed by atoms with van der Waals surface area (Å²) in [7, 11) is 0. The summed E-state index contributed by atoms with van der Waals surface area (Å²) in [5.74, 6) is -0.0427. The lowest BCUT2D eigenvalue weighted by molar-refractivity contribution is -0.143. The van der Waals surface area contributed by atoms with Gasteiger partial charge < -0.3 is 20.3 Å². The molecule has 2 atom stereocenters. The zero-order valence-corrected chi connectivity index (χ0v) is 56.5. The van der Waals surface area contributed by atoms with Crippen LogP contribution < -0.4 is 5.32 Å². The molecule has 0 rings (SSSR count). The minimum atomic E-state index is -0.845. The van der Waals surface area contributed by atoms with Crippen molar-refractivity contribution < 1.29 is 24.5 Å². The van der Waals surface area contributed by atoms with E-state index in [4.69, 9.17) is 4.74 Å². The van der Waals surface area contributed by atoms with Gasteiger partial charge >= 0.3 is 5.97 Å². The van der Waals surface area contributed by atoms with E-state index in [0.29, 0.717) is 19.4 Å². The number of rotatable bonds is 72. The maximum atomic E-state index is 12.5. The molecule has 492 valence electrons. The van der Waals surface area contributed by atoms with Crippen molar-refractivity contribution in [2.75, 3.05) is 13.2 Å². The third-order valence-electron chi connectivity index (χ3n) is 18.0. The van der Waals surface area contributed by atoms with E-state index in [1.165, 1.54) is 366 Å². The molecule has 2 unspecified atom stereocenters. The molecule has 6 heteroatoms. The van der Waals surface area contributed by atoms with Gasteiger partial charge in [-0.15, -0.1) is 0 Å². The van der Waals surface area contributed by atoms with Crippen LogP contribution in [0.3, 0.4) is 0 Å². The Labute approximate surface area is 520 Å². The van der Waals surface area contributed by atoms with E-state index in [1.54, 1.807) is 6.08 Å². The standard InChI is InChI=1S/C77H149NO5/c1-3-5-7-9-11-13-15-17-19-21-23-34-37-41-45-49-53-57-61-65-69-75(80)74(73-79)78-76(81)70-66-62-58-54-50-46-42-38-35-32-30-28-26-24-25-27-29-31-33-36-40-44-48-52-56-60-64-68-72-83-77(82)71-67-63-59-55-51-47-43-39-22-20-18-16-14-12-10-8-6-4-2/h24-25,65,69,74-75,79-80H,3-23,26-64,66-68,70-73H2,1-2H3,(H,78,81)/b25-24-,69-65+. The number of ether oxygens (including phenoxy) is 1. The van der Waals surface area contributed by atoms with Gasteiger partial charge in [-0.2, -0.15) is 0 Å². The van der Waals surface area contributed by atoms with E-state index in [1.807, 2.05) is 6.08 Å². The minimum absolute atomic E-state index is 0.0209. The van der Waals surface area contributed by atoms with Crippen LogP contribution in [-0.4, -0.2) is 47.4 Å². The number of hydrogen-bond acceptors (Lipinski definition) is 5. The average molecular weight is 1170 g/mol. The molecule has 0 radical (unpaired) electrons. The van der Waals surface area contributed by atoms with E-state index in [2.05, 4.69) is 31.3 Å². The highest BCUT2D eigenvalue weighted by Gasteiger charge is 2.18. The molecule has 0 saturated carbocycles. The van der Waals surface area contributed by atoms with Gasteiger partial charge in [-0.1, -0.05) is 385 Å². The van der Waals surface area contributed by atoms with Crippen molar-refractivity contribution >= 4 is 11.9 Å². The highest BCUT2D eigenvalue weighted by molar-refractivity contribution is 5.76. The zero-order chi connectivity index (χ0) is 59.9. The largest absolute Gasteiger partial charge is 0.466 e. The second kappa shape index (κ2) is 72.8. The average Bonchev–Trinajstić information content (AvgIpc) is 3.49. The Bertz CT molecular complexity index is 1300. The molecular formula is C77H149NO5. The van der Waals surface area contributed by atoms with Gasteiger partial charge in [0.15, 0.2) is 0 Å². The number of aliphatic hydroxyl groups excluding tert-OH is 2. The molecule has 0 aliphatic rings. The molecule has 0 spiro atoms. The highest BCUT2D eigenvalue weighted by atomic mass is 16.5. The number of allylic oxidation sites excluding steroid dienone is 3. The summed E-state index contributed by atoms with van der Waals surface area (Å²) >= 11 is 0. The number of amides is 1. The van der Waals surface area contributed by atoms with Crippen LogP contribution in [0.5, 0.6) is 0 Å². The van der Waals surface area contributed by atoms with Crippen molar-refractivity contribution in [1.82, 2.24) is 5.32 Å². The summed E-state index contributed by atoms with van der Waals surface area (Å²) in [4.78, 5) is 24.6. The fourth-order valence-electron chi connectivity index (χ4n) is 12.2. The van der Waals surface area contributed by atoms with E-state index < -0.39 is 12.1 Å². The number of nitrogens with one attached hydrogen (secondary N) is 1. The van der Waals surface area contributed by atoms with Gasteiger partial charge in [-0.05, 0) is 57.8 Å². The SMILES string of the molecule is CCCCCCCCCCCCCCCCCCCC/C=C/C(O)C(CO)NC(=O)CCCCCCCCCCCCCC/C=C\CCCCCCCCCCCCCCOC(=O)CCCCCCCCCCCCCCCCCCCC. The van der Waals surface area contributed by atoms with Crippen LogP contribution in [0.1, 0.15) is 431 Å². The Balaban J connectivity index is 3.38. The Morgan fingerprint density at radius 1 is 0.325 bits per heavy atom. The maximum Gasteiger partial charge on any atom is 0.305 e. The second-order valence-corrected chi connectivity index (χ2v) is 26.3. The van der Waals surface area contributed by atoms with Crippen LogP contribution in [0.4, 0.5) is 0 Å². The molecule has 0 heterocycles. The summed E-state index contributed by atoms with van der Waals surface area (Å²) in [6, 6.07) is -0.629. The normalized spacial score (nSPS) is 12.6. The Morgan fingerprint density at radius 2 is 0.566 bits per heavy atom. The number of carbonyl (C=O) groups excluding carboxylic acids is 2. The Kier molecular flexibility index (Phi) is 71.4. The maximum absolute atomic E-state index is 12.5. The van der Waals surface area contributed by atoms with Crippen molar-refractivity contribution in [2.24, 2.45) is 0 Å². The fourth-order valence-corrected chi connectivity index (χ4v) is 12.2. The summed E-state index contributed by atoms with van der Waals surface area (Å²) in [6.07, 6.45) is 92.8. The lowest BCUT2D eigenvalue weighted by atomic mass is 10.0. The molecule has 0 aromatic rings. The van der Waals surface area contributed by atoms with Gasteiger partial charge in [-0.3, -0.25) is 9.59 Å². The molecule has 6 nitrogen and oxygen atoms in total. The zero-order valence-electron chi connectivity index (χ0n) is 56.5. The van der Waals surface area contributed by atoms with Crippen molar-refractivity contribution in [3.8, 4) is 0 Å². The number of unbranched alkanes of at least 4 members (excludes halogenated alkanes) is 59. The lowest BCUT2D eigenvalue weighted by Gasteiger charge is -2.20. The fraction of sp³-hybridized carbons (Fsp3) is 0.922. The van der Waals surface area contributed by atoms with Gasteiger partial charge in [0, 0.05) is 12.8 Å². The van der Waals surface area contributed by atoms with Gasteiger partial charge in [0.1, 0.15) is 0 Å². The van der Waals surface area contributed by atoms with Gasteiger partial charge in [0.25, 0.3) is 0 Å². The minimum Gasteiger partial charge on any atom is -0.466 e. The van der Waals surface area contributed by atoms with Crippen molar-refractivity contribution in [3.63, 3.8) is 0 Å². The van der Waals surface area contributed by atoms with E-state index in [9.17, 15) is 19.8 Å². The molecule has 0 saturated heterocycles. The van der Waals surface area contributed by atoms with Gasteiger partial charge in [0.05, 0.1) is 25.4 Å². The van der Waals surface area contributed by atoms with Gasteiger partial charge in [0.2, 0.25) is 5.91 Å². The summed E-state index contributed by atoms with van der Waals surface area (Å²) in [5.41, 5.74) is 0. The highest BCUT2D eigenvalue weighted by Crippen LogP contribution is 2.19. The van der Waals surface area contributed by atoms with Crippen molar-refractivity contribution in [3.05, 3.63) is 24.3 Å². The van der Waals surface area contributed by atoms with Crippen LogP contribution >= 0.6 is 0 Å². The topological polar surface area (TPSA) is 95.9 Å². The number of esters is 1. The van der Waals surface area contributed by atoms with Crippen LogP contribution in [0.25, 0.3) is 0 Å². The molecule has 0 bridgehead atoms. The van der Waals surface area contributed by atoms with Crippen molar-refractivity contribution in [1.29, 1.82) is 0 Å². The van der Waals surface area contributed by atoms with E-state index in [-0.39, 0.29) is 18.5 Å². The molecule has 0 aliphatic carbocycles. The number of carbonyl (C=O) groups is 2. The molecule has 0 aromatic heterocycles.